The summed E-state index contributed by atoms with van der Waals surface area (Å²) in [6, 6.07) is 2.82. The van der Waals surface area contributed by atoms with Crippen LogP contribution in [0.2, 0.25) is 5.02 Å². The summed E-state index contributed by atoms with van der Waals surface area (Å²) in [7, 11) is 0. The molecule has 2 nitrogen and oxygen atoms in total. The third-order valence-corrected chi connectivity index (χ3v) is 4.13. The van der Waals surface area contributed by atoms with Gasteiger partial charge in [-0.3, -0.25) is 0 Å². The predicted octanol–water partition coefficient (Wildman–Crippen LogP) is 3.91. The van der Waals surface area contributed by atoms with Crippen LogP contribution in [0.15, 0.2) is 12.1 Å². The molecule has 1 aliphatic carbocycles. The first kappa shape index (κ1) is 12.5. The third kappa shape index (κ3) is 2.49. The van der Waals surface area contributed by atoms with E-state index in [1.807, 2.05) is 0 Å². The van der Waals surface area contributed by atoms with Crippen LogP contribution in [0.25, 0.3) is 0 Å². The molecule has 0 amide bonds. The normalized spacial score (nSPS) is 17.2. The van der Waals surface area contributed by atoms with Gasteiger partial charge in [0.1, 0.15) is 5.82 Å². The lowest BCUT2D eigenvalue weighted by molar-refractivity contribution is 0.380. The van der Waals surface area contributed by atoms with Gasteiger partial charge in [0.15, 0.2) is 0 Å². The Kier molecular flexibility index (Phi) is 3.21. The first-order valence-corrected chi connectivity index (χ1v) is 6.31. The van der Waals surface area contributed by atoms with E-state index in [0.717, 1.165) is 12.2 Å². The van der Waals surface area contributed by atoms with Crippen molar-refractivity contribution in [3.05, 3.63) is 23.0 Å². The average molecular weight is 257 g/mol. The lowest BCUT2D eigenvalue weighted by Crippen LogP contribution is -2.21. The molecule has 94 valence electrons. The molecule has 1 aromatic rings. The smallest absolute Gasteiger partial charge is 0.143 e. The van der Waals surface area contributed by atoms with Gasteiger partial charge in [-0.15, -0.1) is 0 Å². The van der Waals surface area contributed by atoms with Crippen molar-refractivity contribution in [1.82, 2.24) is 0 Å². The van der Waals surface area contributed by atoms with Gasteiger partial charge in [0.05, 0.1) is 16.4 Å². The minimum atomic E-state index is -0.472. The molecule has 4 heteroatoms. The zero-order valence-corrected chi connectivity index (χ0v) is 10.9. The standard InChI is InChI=1S/C13H18ClFN2/c1-8(2)13(3-4-13)7-17-12-5-9(14)10(15)6-11(12)16/h5-6,8,17H,3-4,7,16H2,1-2H3. The summed E-state index contributed by atoms with van der Waals surface area (Å²) < 4.78 is 13.1. The first-order valence-electron chi connectivity index (χ1n) is 5.93. The van der Waals surface area contributed by atoms with E-state index < -0.39 is 5.82 Å². The van der Waals surface area contributed by atoms with Crippen molar-refractivity contribution in [2.45, 2.75) is 26.7 Å². The number of hydrogen-bond acceptors (Lipinski definition) is 2. The summed E-state index contributed by atoms with van der Waals surface area (Å²) >= 11 is 5.74. The van der Waals surface area contributed by atoms with Crippen LogP contribution >= 0.6 is 11.6 Å². The monoisotopic (exact) mass is 256 g/mol. The van der Waals surface area contributed by atoms with E-state index in [-0.39, 0.29) is 5.02 Å². The molecule has 3 N–H and O–H groups in total. The van der Waals surface area contributed by atoms with Crippen LogP contribution in [0.1, 0.15) is 26.7 Å². The Bertz CT molecular complexity index is 428. The molecule has 1 saturated carbocycles. The van der Waals surface area contributed by atoms with Crippen molar-refractivity contribution in [3.8, 4) is 0 Å². The topological polar surface area (TPSA) is 38.0 Å². The minimum absolute atomic E-state index is 0.107. The highest BCUT2D eigenvalue weighted by Crippen LogP contribution is 2.51. The summed E-state index contributed by atoms with van der Waals surface area (Å²) in [5.41, 5.74) is 7.27. The second-order valence-electron chi connectivity index (χ2n) is 5.22. The van der Waals surface area contributed by atoms with E-state index in [4.69, 9.17) is 17.3 Å². The van der Waals surface area contributed by atoms with Crippen LogP contribution in [-0.2, 0) is 0 Å². The van der Waals surface area contributed by atoms with Crippen LogP contribution in [0.3, 0.4) is 0 Å². The van der Waals surface area contributed by atoms with E-state index in [9.17, 15) is 4.39 Å². The second-order valence-corrected chi connectivity index (χ2v) is 5.63. The molecular formula is C13H18ClFN2. The van der Waals surface area contributed by atoms with Crippen molar-refractivity contribution in [1.29, 1.82) is 0 Å². The Hall–Kier alpha value is -0.960. The molecule has 0 aromatic heterocycles. The second kappa shape index (κ2) is 4.37. The fourth-order valence-corrected chi connectivity index (χ4v) is 2.27. The molecule has 0 heterocycles. The summed E-state index contributed by atoms with van der Waals surface area (Å²) in [5.74, 6) is 0.173. The van der Waals surface area contributed by atoms with Crippen LogP contribution in [0.4, 0.5) is 15.8 Å². The Balaban J connectivity index is 2.07. The van der Waals surface area contributed by atoms with Crippen molar-refractivity contribution >= 4 is 23.0 Å². The summed E-state index contributed by atoms with van der Waals surface area (Å²) in [5, 5.41) is 3.40. The van der Waals surface area contributed by atoms with E-state index in [2.05, 4.69) is 19.2 Å². The van der Waals surface area contributed by atoms with Crippen molar-refractivity contribution < 1.29 is 4.39 Å². The van der Waals surface area contributed by atoms with Crippen LogP contribution in [-0.4, -0.2) is 6.54 Å². The molecule has 0 radical (unpaired) electrons. The fourth-order valence-electron chi connectivity index (χ4n) is 2.11. The quantitative estimate of drug-likeness (QED) is 0.802. The molecule has 1 aromatic carbocycles. The van der Waals surface area contributed by atoms with Crippen LogP contribution < -0.4 is 11.1 Å². The Labute approximate surface area is 106 Å². The molecule has 0 bridgehead atoms. The van der Waals surface area contributed by atoms with E-state index in [1.165, 1.54) is 18.9 Å². The van der Waals surface area contributed by atoms with Gasteiger partial charge in [0, 0.05) is 12.6 Å². The van der Waals surface area contributed by atoms with Crippen LogP contribution in [0.5, 0.6) is 0 Å². The predicted molar refractivity (Wildman–Crippen MR) is 70.8 cm³/mol. The van der Waals surface area contributed by atoms with Gasteiger partial charge in [-0.25, -0.2) is 4.39 Å². The molecule has 0 spiro atoms. The molecule has 2 rings (SSSR count). The number of halogens is 2. The molecule has 0 unspecified atom stereocenters. The summed E-state index contributed by atoms with van der Waals surface area (Å²) in [4.78, 5) is 0. The number of benzene rings is 1. The van der Waals surface area contributed by atoms with E-state index in [0.29, 0.717) is 17.0 Å². The van der Waals surface area contributed by atoms with Gasteiger partial charge in [-0.05, 0) is 30.2 Å². The fraction of sp³-hybridized carbons (Fsp3) is 0.538. The highest BCUT2D eigenvalue weighted by Gasteiger charge is 2.44. The van der Waals surface area contributed by atoms with Crippen LogP contribution in [0, 0.1) is 17.2 Å². The highest BCUT2D eigenvalue weighted by molar-refractivity contribution is 6.31. The zero-order valence-electron chi connectivity index (χ0n) is 10.2. The maximum Gasteiger partial charge on any atom is 0.143 e. The van der Waals surface area contributed by atoms with E-state index >= 15 is 0 Å². The molecule has 1 fully saturated rings. The van der Waals surface area contributed by atoms with Gasteiger partial charge in [0.25, 0.3) is 0 Å². The average Bonchev–Trinajstić information content (AvgIpc) is 3.02. The molecule has 0 atom stereocenters. The number of nitrogens with one attached hydrogen (secondary N) is 1. The lowest BCUT2D eigenvalue weighted by atomic mass is 9.92. The lowest BCUT2D eigenvalue weighted by Gasteiger charge is -2.21. The molecule has 0 aliphatic heterocycles. The van der Waals surface area contributed by atoms with Crippen molar-refractivity contribution in [2.75, 3.05) is 17.6 Å². The van der Waals surface area contributed by atoms with Gasteiger partial charge in [-0.1, -0.05) is 25.4 Å². The largest absolute Gasteiger partial charge is 0.397 e. The SMILES string of the molecule is CC(C)C1(CNc2cc(Cl)c(F)cc2N)CC1. The molecule has 1 aliphatic rings. The number of hydrogen-bond donors (Lipinski definition) is 2. The first-order chi connectivity index (χ1) is 7.94. The maximum atomic E-state index is 13.1. The molecule has 0 saturated heterocycles. The van der Waals surface area contributed by atoms with Crippen molar-refractivity contribution in [3.63, 3.8) is 0 Å². The van der Waals surface area contributed by atoms with Gasteiger partial charge >= 0.3 is 0 Å². The van der Waals surface area contributed by atoms with Gasteiger partial charge in [0.2, 0.25) is 0 Å². The molecule has 17 heavy (non-hydrogen) atoms. The Morgan fingerprint density at radius 3 is 2.65 bits per heavy atom. The highest BCUT2D eigenvalue weighted by atomic mass is 35.5. The van der Waals surface area contributed by atoms with Crippen molar-refractivity contribution in [2.24, 2.45) is 11.3 Å². The molecular weight excluding hydrogens is 239 g/mol. The Morgan fingerprint density at radius 2 is 2.12 bits per heavy atom. The maximum absolute atomic E-state index is 13.1. The zero-order chi connectivity index (χ0) is 12.6. The van der Waals surface area contributed by atoms with Gasteiger partial charge in [-0.2, -0.15) is 0 Å². The summed E-state index contributed by atoms with van der Waals surface area (Å²) in [6.07, 6.45) is 2.49. The number of nitrogens with two attached hydrogens (primary N) is 1. The minimum Gasteiger partial charge on any atom is -0.397 e. The third-order valence-electron chi connectivity index (χ3n) is 3.84. The number of nitrogen functional groups attached to an aromatic ring is 1. The van der Waals surface area contributed by atoms with E-state index in [1.54, 1.807) is 6.07 Å². The van der Waals surface area contributed by atoms with Gasteiger partial charge < -0.3 is 11.1 Å². The Morgan fingerprint density at radius 1 is 1.47 bits per heavy atom. The number of rotatable bonds is 4. The number of anilines is 2. The summed E-state index contributed by atoms with van der Waals surface area (Å²) in [6.45, 7) is 5.34.